The Morgan fingerprint density at radius 1 is 0.960 bits per heavy atom. The van der Waals surface area contributed by atoms with Gasteiger partial charge in [0.05, 0.1) is 6.54 Å². The number of benzene rings is 1. The molecule has 138 valence electrons. The van der Waals surface area contributed by atoms with Crippen molar-refractivity contribution in [1.82, 2.24) is 14.7 Å². The number of rotatable bonds is 5. The molecule has 2 aliphatic heterocycles. The van der Waals surface area contributed by atoms with Crippen LogP contribution in [0.1, 0.15) is 6.92 Å². The van der Waals surface area contributed by atoms with Crippen LogP contribution < -0.4 is 10.2 Å². The number of piperazine rings is 2. The van der Waals surface area contributed by atoms with Gasteiger partial charge in [-0.05, 0) is 37.9 Å². The van der Waals surface area contributed by atoms with Gasteiger partial charge in [0.15, 0.2) is 0 Å². The minimum Gasteiger partial charge on any atom is -0.376 e. The van der Waals surface area contributed by atoms with Crippen LogP contribution in [0.25, 0.3) is 0 Å². The Hall–Kier alpha value is -1.79. The fourth-order valence-corrected chi connectivity index (χ4v) is 3.46. The van der Waals surface area contributed by atoms with E-state index < -0.39 is 0 Å². The molecule has 0 unspecified atom stereocenters. The Morgan fingerprint density at radius 3 is 2.20 bits per heavy atom. The summed E-state index contributed by atoms with van der Waals surface area (Å²) in [6, 6.07) is 8.46. The summed E-state index contributed by atoms with van der Waals surface area (Å²) < 4.78 is 0. The normalized spacial score (nSPS) is 19.9. The summed E-state index contributed by atoms with van der Waals surface area (Å²) >= 11 is 0. The molecular weight excluding hydrogens is 314 g/mol. The van der Waals surface area contributed by atoms with Gasteiger partial charge in [0, 0.05) is 63.7 Å². The van der Waals surface area contributed by atoms with Crippen molar-refractivity contribution in [3.05, 3.63) is 24.3 Å². The molecule has 0 spiro atoms. The summed E-state index contributed by atoms with van der Waals surface area (Å²) in [5.41, 5.74) is 2.28. The van der Waals surface area contributed by atoms with E-state index in [1.165, 1.54) is 5.69 Å². The molecule has 3 rings (SSSR count). The van der Waals surface area contributed by atoms with E-state index >= 15 is 0 Å². The van der Waals surface area contributed by atoms with Gasteiger partial charge in [-0.1, -0.05) is 6.92 Å². The maximum absolute atomic E-state index is 12.3. The van der Waals surface area contributed by atoms with E-state index in [9.17, 15) is 4.79 Å². The second-order valence-electron chi connectivity index (χ2n) is 7.01. The van der Waals surface area contributed by atoms with Crippen LogP contribution in [-0.4, -0.2) is 93.1 Å². The largest absolute Gasteiger partial charge is 0.376 e. The van der Waals surface area contributed by atoms with Crippen molar-refractivity contribution in [2.24, 2.45) is 0 Å². The SMILES string of the molecule is CCN1CCN(C(=O)CNc2ccc(N3CCN(C)CC3)cc2)CC1. The monoisotopic (exact) mass is 345 g/mol. The third-order valence-electron chi connectivity index (χ3n) is 5.35. The number of carbonyl (C=O) groups is 1. The Balaban J connectivity index is 1.45. The van der Waals surface area contributed by atoms with Crippen molar-refractivity contribution in [3.8, 4) is 0 Å². The topological polar surface area (TPSA) is 42.1 Å². The molecule has 0 aromatic heterocycles. The lowest BCUT2D eigenvalue weighted by molar-refractivity contribution is -0.131. The second kappa shape index (κ2) is 8.54. The van der Waals surface area contributed by atoms with Crippen LogP contribution in [0.5, 0.6) is 0 Å². The van der Waals surface area contributed by atoms with Crippen LogP contribution in [-0.2, 0) is 4.79 Å². The maximum atomic E-state index is 12.3. The van der Waals surface area contributed by atoms with E-state index in [0.717, 1.165) is 64.6 Å². The highest BCUT2D eigenvalue weighted by Gasteiger charge is 2.19. The minimum atomic E-state index is 0.193. The van der Waals surface area contributed by atoms with E-state index in [-0.39, 0.29) is 5.91 Å². The lowest BCUT2D eigenvalue weighted by Gasteiger charge is -2.34. The predicted molar refractivity (Wildman–Crippen MR) is 103 cm³/mol. The average molecular weight is 345 g/mol. The smallest absolute Gasteiger partial charge is 0.241 e. The number of likely N-dealkylation sites (N-methyl/N-ethyl adjacent to an activating group) is 2. The van der Waals surface area contributed by atoms with Crippen molar-refractivity contribution in [2.75, 3.05) is 82.7 Å². The lowest BCUT2D eigenvalue weighted by atomic mass is 10.2. The first-order chi connectivity index (χ1) is 12.2. The first kappa shape index (κ1) is 18.0. The van der Waals surface area contributed by atoms with E-state index in [1.807, 2.05) is 4.90 Å². The van der Waals surface area contributed by atoms with Crippen LogP contribution in [0.15, 0.2) is 24.3 Å². The van der Waals surface area contributed by atoms with Gasteiger partial charge >= 0.3 is 0 Å². The van der Waals surface area contributed by atoms with E-state index in [1.54, 1.807) is 0 Å². The summed E-state index contributed by atoms with van der Waals surface area (Å²) in [5.74, 6) is 0.193. The van der Waals surface area contributed by atoms with E-state index in [2.05, 4.69) is 58.3 Å². The zero-order chi connectivity index (χ0) is 17.6. The second-order valence-corrected chi connectivity index (χ2v) is 7.01. The van der Waals surface area contributed by atoms with Gasteiger partial charge in [-0.15, -0.1) is 0 Å². The number of nitrogens with zero attached hydrogens (tertiary/aromatic N) is 4. The van der Waals surface area contributed by atoms with Gasteiger partial charge in [0.25, 0.3) is 0 Å². The first-order valence-corrected chi connectivity index (χ1v) is 9.43. The van der Waals surface area contributed by atoms with Gasteiger partial charge in [-0.3, -0.25) is 4.79 Å². The average Bonchev–Trinajstić information content (AvgIpc) is 2.67. The highest BCUT2D eigenvalue weighted by atomic mass is 16.2. The summed E-state index contributed by atoms with van der Waals surface area (Å²) in [7, 11) is 2.17. The number of nitrogens with one attached hydrogen (secondary N) is 1. The molecule has 2 fully saturated rings. The van der Waals surface area contributed by atoms with Crippen molar-refractivity contribution >= 4 is 17.3 Å². The molecule has 0 bridgehead atoms. The van der Waals surface area contributed by atoms with Crippen molar-refractivity contribution in [1.29, 1.82) is 0 Å². The zero-order valence-corrected chi connectivity index (χ0v) is 15.6. The van der Waals surface area contributed by atoms with Crippen LogP contribution >= 0.6 is 0 Å². The van der Waals surface area contributed by atoms with Crippen LogP contribution in [0.3, 0.4) is 0 Å². The highest BCUT2D eigenvalue weighted by Crippen LogP contribution is 2.19. The number of anilines is 2. The third-order valence-corrected chi connectivity index (χ3v) is 5.35. The minimum absolute atomic E-state index is 0.193. The molecule has 2 saturated heterocycles. The maximum Gasteiger partial charge on any atom is 0.241 e. The standard InChI is InChI=1S/C19H31N5O/c1-3-22-10-14-24(15-11-22)19(25)16-20-17-4-6-18(7-5-17)23-12-8-21(2)9-13-23/h4-7,20H,3,8-16H2,1-2H3. The van der Waals surface area contributed by atoms with Gasteiger partial charge in [0.2, 0.25) is 5.91 Å². The fraction of sp³-hybridized carbons (Fsp3) is 0.632. The third kappa shape index (κ3) is 4.86. The molecule has 2 heterocycles. The molecule has 6 nitrogen and oxygen atoms in total. The van der Waals surface area contributed by atoms with Crippen LogP contribution in [0.4, 0.5) is 11.4 Å². The Labute approximate surface area is 151 Å². The van der Waals surface area contributed by atoms with Gasteiger partial charge in [-0.25, -0.2) is 0 Å². The van der Waals surface area contributed by atoms with Crippen molar-refractivity contribution in [2.45, 2.75) is 6.92 Å². The quantitative estimate of drug-likeness (QED) is 0.863. The molecule has 0 radical (unpaired) electrons. The van der Waals surface area contributed by atoms with Crippen LogP contribution in [0, 0.1) is 0 Å². The number of amides is 1. The van der Waals surface area contributed by atoms with Gasteiger partial charge in [-0.2, -0.15) is 0 Å². The molecule has 1 amide bonds. The summed E-state index contributed by atoms with van der Waals surface area (Å²) in [6.07, 6.45) is 0. The Bertz CT molecular complexity index is 545. The molecule has 6 heteroatoms. The molecule has 2 aliphatic rings. The number of hydrogen-bond donors (Lipinski definition) is 1. The molecule has 0 saturated carbocycles. The lowest BCUT2D eigenvalue weighted by Crippen LogP contribution is -2.49. The molecule has 1 N–H and O–H groups in total. The van der Waals surface area contributed by atoms with Crippen molar-refractivity contribution in [3.63, 3.8) is 0 Å². The van der Waals surface area contributed by atoms with Crippen molar-refractivity contribution < 1.29 is 4.79 Å². The molecule has 0 atom stereocenters. The fourth-order valence-electron chi connectivity index (χ4n) is 3.46. The summed E-state index contributed by atoms with van der Waals surface area (Å²) in [5, 5.41) is 3.27. The summed E-state index contributed by atoms with van der Waals surface area (Å²) in [4.78, 5) is 21.5. The highest BCUT2D eigenvalue weighted by molar-refractivity contribution is 5.81. The van der Waals surface area contributed by atoms with Crippen LogP contribution in [0.2, 0.25) is 0 Å². The molecule has 1 aromatic rings. The molecular formula is C19H31N5O. The summed E-state index contributed by atoms with van der Waals surface area (Å²) in [6.45, 7) is 11.7. The molecule has 1 aromatic carbocycles. The number of carbonyl (C=O) groups excluding carboxylic acids is 1. The van der Waals surface area contributed by atoms with Gasteiger partial charge < -0.3 is 24.9 Å². The first-order valence-electron chi connectivity index (χ1n) is 9.43. The molecule has 0 aliphatic carbocycles. The zero-order valence-electron chi connectivity index (χ0n) is 15.6. The Kier molecular flexibility index (Phi) is 6.15. The van der Waals surface area contributed by atoms with E-state index in [4.69, 9.17) is 0 Å². The predicted octanol–water partition coefficient (Wildman–Crippen LogP) is 1.01. The molecule has 25 heavy (non-hydrogen) atoms. The Morgan fingerprint density at radius 2 is 1.60 bits per heavy atom. The number of hydrogen-bond acceptors (Lipinski definition) is 5. The van der Waals surface area contributed by atoms with Gasteiger partial charge in [0.1, 0.15) is 0 Å². The van der Waals surface area contributed by atoms with E-state index in [0.29, 0.717) is 6.54 Å².